The number of hydrogen-bond donors (Lipinski definition) is 0. The number of ketones is 1. The molecule has 0 aromatic carbocycles. The van der Waals surface area contributed by atoms with Crippen molar-refractivity contribution in [3.63, 3.8) is 0 Å². The molecule has 0 atom stereocenters. The Morgan fingerprint density at radius 1 is 1.55 bits per heavy atom. The fourth-order valence-electron chi connectivity index (χ4n) is 0.842. The van der Waals surface area contributed by atoms with Crippen LogP contribution in [0.15, 0.2) is 18.3 Å². The monoisotopic (exact) mass is 147 g/mol. The first kappa shape index (κ1) is 7.99. The van der Waals surface area contributed by atoms with E-state index in [0.29, 0.717) is 5.69 Å². The third-order valence-electron chi connectivity index (χ3n) is 1.59. The number of Topliss-reactive ketones (excluding diaryl/α,β-unsaturated/α-hetero) is 1. The van der Waals surface area contributed by atoms with Crippen LogP contribution in [0.1, 0.15) is 17.4 Å². The Morgan fingerprint density at radius 2 is 2.27 bits per heavy atom. The van der Waals surface area contributed by atoms with Crippen LogP contribution in [0.4, 0.5) is 0 Å². The first-order valence-electron chi connectivity index (χ1n) is 3.70. The molecule has 1 aromatic heterocycles. The normalized spacial score (nSPS) is 9.27. The van der Waals surface area contributed by atoms with Gasteiger partial charge < -0.3 is 0 Å². The molecule has 56 valence electrons. The number of hydrogen-bond acceptors (Lipinski definition) is 2. The highest BCUT2D eigenvalue weighted by Gasteiger charge is 1.98. The van der Waals surface area contributed by atoms with Gasteiger partial charge >= 0.3 is 0 Å². The highest BCUT2D eigenvalue weighted by atomic mass is 16.1. The summed E-state index contributed by atoms with van der Waals surface area (Å²) in [7, 11) is 0.963. The summed E-state index contributed by atoms with van der Waals surface area (Å²) >= 11 is 0. The predicted octanol–water partition coefficient (Wildman–Crippen LogP) is 0.394. The van der Waals surface area contributed by atoms with Gasteiger partial charge in [0.1, 0.15) is 5.69 Å². The van der Waals surface area contributed by atoms with Crippen LogP contribution in [0.5, 0.6) is 0 Å². The van der Waals surface area contributed by atoms with Crippen molar-refractivity contribution in [1.29, 1.82) is 0 Å². The van der Waals surface area contributed by atoms with Crippen LogP contribution < -0.4 is 5.46 Å². The van der Waals surface area contributed by atoms with Crippen molar-refractivity contribution in [2.75, 3.05) is 0 Å². The molecule has 1 rings (SSSR count). The van der Waals surface area contributed by atoms with E-state index < -0.39 is 0 Å². The summed E-state index contributed by atoms with van der Waals surface area (Å²) in [6.07, 6.45) is 1.75. The van der Waals surface area contributed by atoms with Crippen molar-refractivity contribution in [1.82, 2.24) is 4.98 Å². The highest BCUT2D eigenvalue weighted by Crippen LogP contribution is 1.91. The lowest BCUT2D eigenvalue weighted by Gasteiger charge is -1.95. The Kier molecular flexibility index (Phi) is 2.42. The third kappa shape index (κ3) is 1.90. The van der Waals surface area contributed by atoms with E-state index >= 15 is 0 Å². The Hall–Kier alpha value is -1.12. The minimum atomic E-state index is 0.0210. The van der Waals surface area contributed by atoms with Gasteiger partial charge in [-0.15, -0.1) is 0 Å². The fourth-order valence-corrected chi connectivity index (χ4v) is 0.842. The van der Waals surface area contributed by atoms with Crippen LogP contribution in [0.3, 0.4) is 0 Å². The molecule has 2 nitrogen and oxygen atoms in total. The lowest BCUT2D eigenvalue weighted by atomic mass is 9.74. The first-order chi connectivity index (χ1) is 5.24. The molecular formula is C8H10BNO. The third-order valence-corrected chi connectivity index (χ3v) is 1.59. The molecule has 0 N–H and O–H groups in total. The van der Waals surface area contributed by atoms with E-state index in [1.807, 2.05) is 6.07 Å². The largest absolute Gasteiger partial charge is 0.293 e. The summed E-state index contributed by atoms with van der Waals surface area (Å²) in [5, 5.41) is 0. The zero-order valence-electron chi connectivity index (χ0n) is 6.79. The molecule has 0 radical (unpaired) electrons. The Morgan fingerprint density at radius 3 is 2.64 bits per heavy atom. The molecule has 3 heteroatoms. The van der Waals surface area contributed by atoms with Gasteiger partial charge in [0.2, 0.25) is 0 Å². The van der Waals surface area contributed by atoms with Crippen molar-refractivity contribution in [2.24, 2.45) is 0 Å². The smallest absolute Gasteiger partial charge is 0.178 e. The molecule has 0 bridgehead atoms. The van der Waals surface area contributed by atoms with Crippen molar-refractivity contribution in [3.05, 3.63) is 24.0 Å². The van der Waals surface area contributed by atoms with Crippen LogP contribution in [0.25, 0.3) is 0 Å². The minimum absolute atomic E-state index is 0.0210. The lowest BCUT2D eigenvalue weighted by Crippen LogP contribution is -2.12. The number of pyridine rings is 1. The minimum Gasteiger partial charge on any atom is -0.293 e. The second-order valence-corrected chi connectivity index (χ2v) is 2.46. The molecule has 0 aliphatic carbocycles. The highest BCUT2D eigenvalue weighted by molar-refractivity contribution is 6.51. The van der Waals surface area contributed by atoms with E-state index in [1.165, 1.54) is 6.92 Å². The second-order valence-electron chi connectivity index (χ2n) is 2.46. The van der Waals surface area contributed by atoms with Crippen LogP contribution in [-0.4, -0.2) is 18.0 Å². The summed E-state index contributed by atoms with van der Waals surface area (Å²) < 4.78 is 0. The van der Waals surface area contributed by atoms with Crippen molar-refractivity contribution in [3.8, 4) is 0 Å². The molecule has 0 aliphatic rings. The van der Waals surface area contributed by atoms with Gasteiger partial charge in [0.25, 0.3) is 0 Å². The van der Waals surface area contributed by atoms with Crippen LogP contribution in [0.2, 0.25) is 6.82 Å². The van der Waals surface area contributed by atoms with Gasteiger partial charge in [0, 0.05) is 13.1 Å². The molecule has 0 spiro atoms. The average molecular weight is 147 g/mol. The summed E-state index contributed by atoms with van der Waals surface area (Å²) in [5.74, 6) is 0.0210. The molecule has 1 aromatic rings. The van der Waals surface area contributed by atoms with Crippen molar-refractivity contribution in [2.45, 2.75) is 13.7 Å². The average Bonchev–Trinajstić information content (AvgIpc) is 2.05. The van der Waals surface area contributed by atoms with E-state index in [-0.39, 0.29) is 5.78 Å². The zero-order valence-corrected chi connectivity index (χ0v) is 6.79. The molecule has 0 aliphatic heterocycles. The quantitative estimate of drug-likeness (QED) is 0.447. The van der Waals surface area contributed by atoms with E-state index in [2.05, 4.69) is 11.8 Å². The molecular weight excluding hydrogens is 137 g/mol. The molecule has 11 heavy (non-hydrogen) atoms. The Labute approximate surface area is 66.9 Å². The fraction of sp³-hybridized carbons (Fsp3) is 0.250. The second kappa shape index (κ2) is 3.33. The van der Waals surface area contributed by atoms with Crippen LogP contribution in [0, 0.1) is 0 Å². The molecule has 0 saturated heterocycles. The topological polar surface area (TPSA) is 30.0 Å². The molecule has 0 amide bonds. The predicted molar refractivity (Wildman–Crippen MR) is 46.9 cm³/mol. The van der Waals surface area contributed by atoms with Crippen molar-refractivity contribution >= 4 is 18.5 Å². The van der Waals surface area contributed by atoms with E-state index in [1.54, 1.807) is 12.3 Å². The Bertz CT molecular complexity index is 255. The molecule has 0 fully saturated rings. The molecule has 0 unspecified atom stereocenters. The number of aromatic nitrogens is 1. The zero-order chi connectivity index (χ0) is 8.27. The summed E-state index contributed by atoms with van der Waals surface area (Å²) in [6, 6.07) is 3.70. The number of carbonyl (C=O) groups excluding carboxylic acids is 1. The van der Waals surface area contributed by atoms with Gasteiger partial charge in [-0.05, 0) is 6.07 Å². The van der Waals surface area contributed by atoms with Gasteiger partial charge in [-0.3, -0.25) is 9.78 Å². The molecule has 0 saturated carbocycles. The number of carbonyl (C=O) groups is 1. The van der Waals surface area contributed by atoms with Gasteiger partial charge in [0.05, 0.1) is 0 Å². The summed E-state index contributed by atoms with van der Waals surface area (Å²) in [4.78, 5) is 14.8. The van der Waals surface area contributed by atoms with Crippen molar-refractivity contribution < 1.29 is 4.79 Å². The van der Waals surface area contributed by atoms with Crippen LogP contribution >= 0.6 is 0 Å². The Balaban J connectivity index is 2.91. The van der Waals surface area contributed by atoms with Crippen LogP contribution in [-0.2, 0) is 0 Å². The van der Waals surface area contributed by atoms with Gasteiger partial charge in [0.15, 0.2) is 13.1 Å². The molecule has 1 heterocycles. The van der Waals surface area contributed by atoms with E-state index in [9.17, 15) is 4.79 Å². The summed E-state index contributed by atoms with van der Waals surface area (Å²) in [5.41, 5.74) is 1.71. The van der Waals surface area contributed by atoms with Gasteiger partial charge in [-0.2, -0.15) is 0 Å². The first-order valence-corrected chi connectivity index (χ1v) is 3.70. The number of nitrogens with zero attached hydrogens (tertiary/aromatic N) is 1. The lowest BCUT2D eigenvalue weighted by molar-refractivity contribution is 0.101. The maximum atomic E-state index is 10.8. The number of rotatable bonds is 2. The van der Waals surface area contributed by atoms with E-state index in [4.69, 9.17) is 0 Å². The maximum absolute atomic E-state index is 10.8. The maximum Gasteiger partial charge on any atom is 0.178 e. The van der Waals surface area contributed by atoms with Gasteiger partial charge in [-0.25, -0.2) is 0 Å². The standard InChI is InChI=1S/C8H10BNO/c1-6(11)8-4-3-7(9-2)5-10-8/h3-5,9H,1-2H3. The van der Waals surface area contributed by atoms with E-state index in [0.717, 1.165) is 12.7 Å². The SMILES string of the molecule is CBc1ccc(C(C)=O)nc1. The summed E-state index contributed by atoms with van der Waals surface area (Å²) in [6.45, 7) is 3.58. The van der Waals surface area contributed by atoms with Gasteiger partial charge in [-0.1, -0.05) is 18.4 Å².